The van der Waals surface area contributed by atoms with E-state index in [1.54, 1.807) is 11.9 Å². The molecule has 1 saturated carbocycles. The number of aliphatic hydroxyl groups excluding tert-OH is 1. The SMILES string of the molecule is COc1c(N(C)[C@@H]2CCC[C@@H]2O)cc(C(=O)O)oc1=O. The molecule has 1 aromatic heterocycles. The number of carboxylic acid groups (broad SMARTS) is 1. The Morgan fingerprint density at radius 3 is 2.70 bits per heavy atom. The average Bonchev–Trinajstić information content (AvgIpc) is 2.83. The molecule has 0 spiro atoms. The van der Waals surface area contributed by atoms with Gasteiger partial charge in [-0.05, 0) is 19.3 Å². The summed E-state index contributed by atoms with van der Waals surface area (Å²) >= 11 is 0. The Kier molecular flexibility index (Phi) is 3.99. The third-order valence-corrected chi connectivity index (χ3v) is 3.62. The molecule has 1 heterocycles. The van der Waals surface area contributed by atoms with E-state index >= 15 is 0 Å². The van der Waals surface area contributed by atoms with Crippen LogP contribution in [0.5, 0.6) is 5.75 Å². The summed E-state index contributed by atoms with van der Waals surface area (Å²) in [4.78, 5) is 24.4. The molecule has 110 valence electrons. The second-order valence-corrected chi connectivity index (χ2v) is 4.80. The van der Waals surface area contributed by atoms with E-state index in [0.29, 0.717) is 12.1 Å². The standard InChI is InChI=1S/C13H17NO6/c1-14(7-4-3-5-9(7)15)8-6-10(12(16)17)20-13(18)11(8)19-2/h6-7,9,15H,3-5H2,1-2H3,(H,16,17)/t7-,9+/m1/s1. The second kappa shape index (κ2) is 5.54. The molecular formula is C13H17NO6. The topological polar surface area (TPSA) is 100 Å². The molecule has 7 heteroatoms. The molecule has 0 aliphatic heterocycles. The summed E-state index contributed by atoms with van der Waals surface area (Å²) in [7, 11) is 3.01. The predicted octanol–water partition coefficient (Wildman–Crippen LogP) is 0.696. The van der Waals surface area contributed by atoms with Gasteiger partial charge in [0, 0.05) is 13.1 Å². The Labute approximate surface area is 115 Å². The summed E-state index contributed by atoms with van der Waals surface area (Å²) in [6.45, 7) is 0. The van der Waals surface area contributed by atoms with E-state index in [1.807, 2.05) is 0 Å². The van der Waals surface area contributed by atoms with E-state index in [9.17, 15) is 14.7 Å². The average molecular weight is 283 g/mol. The van der Waals surface area contributed by atoms with Crippen molar-refractivity contribution in [3.8, 4) is 5.75 Å². The molecule has 1 aromatic rings. The minimum atomic E-state index is -1.33. The van der Waals surface area contributed by atoms with Gasteiger partial charge in [0.2, 0.25) is 11.5 Å². The molecule has 0 aromatic carbocycles. The highest BCUT2D eigenvalue weighted by Crippen LogP contribution is 2.32. The van der Waals surface area contributed by atoms with E-state index in [0.717, 1.165) is 12.8 Å². The lowest BCUT2D eigenvalue weighted by molar-refractivity contribution is 0.0656. The quantitative estimate of drug-likeness (QED) is 0.838. The van der Waals surface area contributed by atoms with Crippen LogP contribution in [-0.2, 0) is 0 Å². The van der Waals surface area contributed by atoms with Crippen LogP contribution in [0.3, 0.4) is 0 Å². The van der Waals surface area contributed by atoms with Crippen molar-refractivity contribution < 1.29 is 24.2 Å². The van der Waals surface area contributed by atoms with Gasteiger partial charge in [-0.1, -0.05) is 0 Å². The van der Waals surface area contributed by atoms with Crippen LogP contribution in [0.15, 0.2) is 15.3 Å². The molecule has 0 saturated heterocycles. The lowest BCUT2D eigenvalue weighted by Gasteiger charge is -2.29. The highest BCUT2D eigenvalue weighted by molar-refractivity contribution is 5.86. The number of carboxylic acids is 1. The number of hydrogen-bond acceptors (Lipinski definition) is 6. The molecule has 1 aliphatic rings. The number of likely N-dealkylation sites (N-methyl/N-ethyl adjacent to an activating group) is 1. The maximum Gasteiger partial charge on any atom is 0.381 e. The fourth-order valence-corrected chi connectivity index (χ4v) is 2.58. The van der Waals surface area contributed by atoms with E-state index in [4.69, 9.17) is 9.84 Å². The zero-order valence-electron chi connectivity index (χ0n) is 11.3. The summed E-state index contributed by atoms with van der Waals surface area (Å²) in [6, 6.07) is 1.07. The molecule has 0 bridgehead atoms. The monoisotopic (exact) mass is 283 g/mol. The Morgan fingerprint density at radius 2 is 2.20 bits per heavy atom. The van der Waals surface area contributed by atoms with Crippen LogP contribution < -0.4 is 15.3 Å². The van der Waals surface area contributed by atoms with Crippen LogP contribution in [0.1, 0.15) is 29.8 Å². The van der Waals surface area contributed by atoms with Gasteiger partial charge in [-0.2, -0.15) is 0 Å². The molecule has 0 amide bonds. The zero-order valence-corrected chi connectivity index (χ0v) is 11.3. The maximum absolute atomic E-state index is 11.8. The Balaban J connectivity index is 2.47. The smallest absolute Gasteiger partial charge is 0.381 e. The normalized spacial score (nSPS) is 21.8. The fraction of sp³-hybridized carbons (Fsp3) is 0.538. The largest absolute Gasteiger partial charge is 0.488 e. The van der Waals surface area contributed by atoms with Crippen LogP contribution >= 0.6 is 0 Å². The summed E-state index contributed by atoms with van der Waals surface area (Å²) in [6.07, 6.45) is 1.82. The number of nitrogens with zero attached hydrogens (tertiary/aromatic N) is 1. The van der Waals surface area contributed by atoms with Crippen molar-refractivity contribution in [1.82, 2.24) is 0 Å². The number of hydrogen-bond donors (Lipinski definition) is 2. The second-order valence-electron chi connectivity index (χ2n) is 4.80. The van der Waals surface area contributed by atoms with E-state index < -0.39 is 23.5 Å². The first kappa shape index (κ1) is 14.4. The van der Waals surface area contributed by atoms with Crippen molar-refractivity contribution in [2.75, 3.05) is 19.1 Å². The lowest BCUT2D eigenvalue weighted by Crippen LogP contribution is -2.38. The summed E-state index contributed by atoms with van der Waals surface area (Å²) in [5.41, 5.74) is -0.533. The van der Waals surface area contributed by atoms with Gasteiger partial charge in [-0.15, -0.1) is 0 Å². The number of ether oxygens (including phenoxy) is 1. The minimum absolute atomic E-state index is 0.0587. The Morgan fingerprint density at radius 1 is 1.50 bits per heavy atom. The molecule has 0 unspecified atom stereocenters. The van der Waals surface area contributed by atoms with E-state index in [-0.39, 0.29) is 11.8 Å². The van der Waals surface area contributed by atoms with Crippen LogP contribution in [-0.4, -0.2) is 42.5 Å². The first-order valence-corrected chi connectivity index (χ1v) is 6.32. The van der Waals surface area contributed by atoms with Gasteiger partial charge in [-0.3, -0.25) is 0 Å². The highest BCUT2D eigenvalue weighted by Gasteiger charge is 2.31. The first-order chi connectivity index (χ1) is 9.45. The van der Waals surface area contributed by atoms with Crippen LogP contribution in [0, 0.1) is 0 Å². The molecule has 7 nitrogen and oxygen atoms in total. The number of aliphatic hydroxyl groups is 1. The fourth-order valence-electron chi connectivity index (χ4n) is 2.58. The number of aromatic carboxylic acids is 1. The van der Waals surface area contributed by atoms with Crippen molar-refractivity contribution in [2.45, 2.75) is 31.4 Å². The first-order valence-electron chi connectivity index (χ1n) is 6.32. The van der Waals surface area contributed by atoms with Crippen molar-refractivity contribution in [2.24, 2.45) is 0 Å². The van der Waals surface area contributed by atoms with Crippen LogP contribution in [0.2, 0.25) is 0 Å². The van der Waals surface area contributed by atoms with Crippen molar-refractivity contribution in [3.63, 3.8) is 0 Å². The third-order valence-electron chi connectivity index (χ3n) is 3.62. The molecule has 0 radical (unpaired) electrons. The summed E-state index contributed by atoms with van der Waals surface area (Å²) in [5.74, 6) is -1.84. The number of anilines is 1. The Hall–Kier alpha value is -2.02. The van der Waals surface area contributed by atoms with Gasteiger partial charge < -0.3 is 24.3 Å². The van der Waals surface area contributed by atoms with E-state index in [1.165, 1.54) is 13.2 Å². The van der Waals surface area contributed by atoms with Gasteiger partial charge in [0.05, 0.1) is 24.9 Å². The number of rotatable bonds is 4. The molecule has 2 N–H and O–H groups in total. The van der Waals surface area contributed by atoms with Gasteiger partial charge in [0.1, 0.15) is 0 Å². The lowest BCUT2D eigenvalue weighted by atomic mass is 10.1. The van der Waals surface area contributed by atoms with E-state index in [2.05, 4.69) is 4.42 Å². The number of methoxy groups -OCH3 is 1. The molecule has 2 atom stereocenters. The van der Waals surface area contributed by atoms with Crippen LogP contribution in [0.25, 0.3) is 0 Å². The predicted molar refractivity (Wildman–Crippen MR) is 70.5 cm³/mol. The van der Waals surface area contributed by atoms with Gasteiger partial charge in [-0.25, -0.2) is 9.59 Å². The Bertz CT molecular complexity index is 566. The molecule has 1 aliphatic carbocycles. The van der Waals surface area contributed by atoms with Gasteiger partial charge >= 0.3 is 11.6 Å². The third kappa shape index (κ3) is 2.49. The highest BCUT2D eigenvalue weighted by atomic mass is 16.5. The molecule has 1 fully saturated rings. The van der Waals surface area contributed by atoms with Gasteiger partial charge in [0.15, 0.2) is 0 Å². The minimum Gasteiger partial charge on any atom is -0.488 e. The molecule has 2 rings (SSSR count). The maximum atomic E-state index is 11.8. The van der Waals surface area contributed by atoms with Crippen molar-refractivity contribution >= 4 is 11.7 Å². The number of carbonyl (C=O) groups is 1. The van der Waals surface area contributed by atoms with Gasteiger partial charge in [0.25, 0.3) is 0 Å². The zero-order chi connectivity index (χ0) is 14.9. The molecule has 20 heavy (non-hydrogen) atoms. The molecular weight excluding hydrogens is 266 g/mol. The van der Waals surface area contributed by atoms with Crippen LogP contribution in [0.4, 0.5) is 5.69 Å². The van der Waals surface area contributed by atoms with Crippen molar-refractivity contribution in [3.05, 3.63) is 22.2 Å². The van der Waals surface area contributed by atoms with Crippen molar-refractivity contribution in [1.29, 1.82) is 0 Å². The summed E-state index contributed by atoms with van der Waals surface area (Å²) in [5, 5.41) is 18.9. The summed E-state index contributed by atoms with van der Waals surface area (Å²) < 4.78 is 9.68.